The fraction of sp³-hybridized carbons (Fsp3) is 0.619. The fourth-order valence-corrected chi connectivity index (χ4v) is 3.58. The van der Waals surface area contributed by atoms with Crippen molar-refractivity contribution in [3.8, 4) is 0 Å². The molecule has 0 aromatic heterocycles. The monoisotopic (exact) mass is 362 g/mol. The van der Waals surface area contributed by atoms with E-state index in [-0.39, 0.29) is 23.5 Å². The lowest BCUT2D eigenvalue weighted by atomic mass is 9.80. The first kappa shape index (κ1) is 20.4. The summed E-state index contributed by atoms with van der Waals surface area (Å²) in [4.78, 5) is 25.5. The molecule has 5 heteroatoms. The maximum Gasteiger partial charge on any atom is 0.245 e. The minimum Gasteiger partial charge on any atom is -0.354 e. The lowest BCUT2D eigenvalue weighted by Crippen LogP contribution is -2.60. The van der Waals surface area contributed by atoms with Gasteiger partial charge in [-0.15, -0.1) is 0 Å². The summed E-state index contributed by atoms with van der Waals surface area (Å²) in [6.45, 7) is 4.55. The van der Waals surface area contributed by atoms with E-state index in [1.54, 1.807) is 6.07 Å². The quantitative estimate of drug-likeness (QED) is 0.692. The molecular formula is C21H31FN2O2. The van der Waals surface area contributed by atoms with E-state index in [1.165, 1.54) is 12.1 Å². The lowest BCUT2D eigenvalue weighted by Gasteiger charge is -2.37. The highest BCUT2D eigenvalue weighted by Crippen LogP contribution is 2.29. The van der Waals surface area contributed by atoms with Crippen molar-refractivity contribution < 1.29 is 14.0 Å². The van der Waals surface area contributed by atoms with Gasteiger partial charge in [-0.3, -0.25) is 9.59 Å². The van der Waals surface area contributed by atoms with Crippen LogP contribution in [0.2, 0.25) is 0 Å². The van der Waals surface area contributed by atoms with Gasteiger partial charge in [-0.05, 0) is 43.4 Å². The fourth-order valence-electron chi connectivity index (χ4n) is 3.58. The molecule has 0 saturated heterocycles. The predicted molar refractivity (Wildman–Crippen MR) is 101 cm³/mol. The Morgan fingerprint density at radius 3 is 2.62 bits per heavy atom. The van der Waals surface area contributed by atoms with Gasteiger partial charge >= 0.3 is 0 Å². The highest BCUT2D eigenvalue weighted by molar-refractivity contribution is 5.92. The van der Waals surface area contributed by atoms with Gasteiger partial charge in [0.2, 0.25) is 11.8 Å². The molecule has 1 aromatic rings. The largest absolute Gasteiger partial charge is 0.354 e. The second kappa shape index (κ2) is 9.70. The number of hydrogen-bond donors (Lipinski definition) is 2. The summed E-state index contributed by atoms with van der Waals surface area (Å²) in [5.74, 6) is -0.813. The zero-order chi connectivity index (χ0) is 19.0. The second-order valence-electron chi connectivity index (χ2n) is 7.48. The summed E-state index contributed by atoms with van der Waals surface area (Å²) in [6.07, 6.45) is 6.76. The maximum absolute atomic E-state index is 13.4. The smallest absolute Gasteiger partial charge is 0.245 e. The third-order valence-electron chi connectivity index (χ3n) is 5.20. The van der Waals surface area contributed by atoms with Gasteiger partial charge in [0.05, 0.1) is 0 Å². The van der Waals surface area contributed by atoms with Crippen LogP contribution in [-0.4, -0.2) is 23.9 Å². The molecular weight excluding hydrogens is 331 g/mol. The number of unbranched alkanes of at least 4 members (excludes halogenated alkanes) is 1. The van der Waals surface area contributed by atoms with Crippen LogP contribution in [0.25, 0.3) is 0 Å². The Morgan fingerprint density at radius 1 is 1.23 bits per heavy atom. The standard InChI is InChI=1S/C21H31FN2O2/c1-3-4-13-23-20(26)21(11-6-5-7-12-21)24-19(25)16(2)14-17-9-8-10-18(22)15-17/h8-10,15-16H,3-7,11-14H2,1-2H3,(H,23,26)(H,24,25). The Kier molecular flexibility index (Phi) is 7.61. The van der Waals surface area contributed by atoms with Crippen LogP contribution in [0.1, 0.15) is 64.4 Å². The van der Waals surface area contributed by atoms with E-state index in [4.69, 9.17) is 0 Å². The van der Waals surface area contributed by atoms with Crippen molar-refractivity contribution in [3.05, 3.63) is 35.6 Å². The van der Waals surface area contributed by atoms with Crippen LogP contribution in [0.5, 0.6) is 0 Å². The molecule has 0 aliphatic heterocycles. The van der Waals surface area contributed by atoms with E-state index >= 15 is 0 Å². The summed E-state index contributed by atoms with van der Waals surface area (Å²) >= 11 is 0. The first-order valence-corrected chi connectivity index (χ1v) is 9.81. The normalized spacial score (nSPS) is 17.3. The van der Waals surface area contributed by atoms with E-state index in [0.717, 1.165) is 37.7 Å². The van der Waals surface area contributed by atoms with E-state index < -0.39 is 5.54 Å². The van der Waals surface area contributed by atoms with Crippen molar-refractivity contribution in [2.24, 2.45) is 5.92 Å². The van der Waals surface area contributed by atoms with Crippen LogP contribution in [0.3, 0.4) is 0 Å². The Hall–Kier alpha value is -1.91. The lowest BCUT2D eigenvalue weighted by molar-refractivity contribution is -0.136. The van der Waals surface area contributed by atoms with Crippen LogP contribution in [-0.2, 0) is 16.0 Å². The second-order valence-corrected chi connectivity index (χ2v) is 7.48. The molecule has 26 heavy (non-hydrogen) atoms. The van der Waals surface area contributed by atoms with Crippen molar-refractivity contribution in [2.45, 2.75) is 70.8 Å². The van der Waals surface area contributed by atoms with Crippen molar-refractivity contribution in [1.82, 2.24) is 10.6 Å². The van der Waals surface area contributed by atoms with E-state index in [9.17, 15) is 14.0 Å². The molecule has 4 nitrogen and oxygen atoms in total. The Morgan fingerprint density at radius 2 is 1.96 bits per heavy atom. The number of benzene rings is 1. The van der Waals surface area contributed by atoms with Crippen LogP contribution >= 0.6 is 0 Å². The predicted octanol–water partition coefficient (Wildman–Crippen LogP) is 3.74. The average Bonchev–Trinajstić information content (AvgIpc) is 2.62. The number of halogens is 1. The van der Waals surface area contributed by atoms with Crippen LogP contribution in [0.15, 0.2) is 24.3 Å². The molecule has 2 rings (SSSR count). The molecule has 0 radical (unpaired) electrons. The molecule has 1 unspecified atom stereocenters. The molecule has 144 valence electrons. The minimum atomic E-state index is -0.792. The minimum absolute atomic E-state index is 0.0584. The van der Waals surface area contributed by atoms with Crippen LogP contribution in [0, 0.1) is 11.7 Å². The maximum atomic E-state index is 13.4. The highest BCUT2D eigenvalue weighted by Gasteiger charge is 2.41. The number of carbonyl (C=O) groups excluding carboxylic acids is 2. The van der Waals surface area contributed by atoms with Gasteiger partial charge in [0.1, 0.15) is 11.4 Å². The first-order chi connectivity index (χ1) is 12.5. The molecule has 0 heterocycles. The van der Waals surface area contributed by atoms with Gasteiger partial charge in [-0.1, -0.05) is 51.7 Å². The number of rotatable bonds is 8. The topological polar surface area (TPSA) is 58.2 Å². The number of carbonyl (C=O) groups is 2. The van der Waals surface area contributed by atoms with Crippen molar-refractivity contribution in [2.75, 3.05) is 6.54 Å². The Labute approximate surface area is 155 Å². The summed E-state index contributed by atoms with van der Waals surface area (Å²) in [6, 6.07) is 6.32. The third-order valence-corrected chi connectivity index (χ3v) is 5.20. The Bertz CT molecular complexity index is 612. The van der Waals surface area contributed by atoms with Gasteiger partial charge in [0, 0.05) is 12.5 Å². The van der Waals surface area contributed by atoms with Crippen molar-refractivity contribution in [1.29, 1.82) is 0 Å². The number of amides is 2. The van der Waals surface area contributed by atoms with Gasteiger partial charge in [0.25, 0.3) is 0 Å². The van der Waals surface area contributed by atoms with Crippen LogP contribution in [0.4, 0.5) is 4.39 Å². The average molecular weight is 362 g/mol. The highest BCUT2D eigenvalue weighted by atomic mass is 19.1. The molecule has 1 aromatic carbocycles. The van der Waals surface area contributed by atoms with Crippen molar-refractivity contribution >= 4 is 11.8 Å². The van der Waals surface area contributed by atoms with Crippen molar-refractivity contribution in [3.63, 3.8) is 0 Å². The van der Waals surface area contributed by atoms with E-state index in [1.807, 2.05) is 13.0 Å². The van der Waals surface area contributed by atoms with Gasteiger partial charge in [0.15, 0.2) is 0 Å². The molecule has 2 N–H and O–H groups in total. The molecule has 1 aliphatic carbocycles. The zero-order valence-corrected chi connectivity index (χ0v) is 15.9. The molecule has 0 bridgehead atoms. The third kappa shape index (κ3) is 5.55. The zero-order valence-electron chi connectivity index (χ0n) is 15.9. The Balaban J connectivity index is 2.01. The van der Waals surface area contributed by atoms with Gasteiger partial charge in [-0.2, -0.15) is 0 Å². The first-order valence-electron chi connectivity index (χ1n) is 9.81. The van der Waals surface area contributed by atoms with E-state index in [2.05, 4.69) is 17.6 Å². The van der Waals surface area contributed by atoms with Gasteiger partial charge < -0.3 is 10.6 Å². The molecule has 0 spiro atoms. The molecule has 2 amide bonds. The number of hydrogen-bond acceptors (Lipinski definition) is 2. The molecule has 1 atom stereocenters. The summed E-state index contributed by atoms with van der Waals surface area (Å²) < 4.78 is 13.4. The summed E-state index contributed by atoms with van der Waals surface area (Å²) in [5.41, 5.74) is -0.00281. The summed E-state index contributed by atoms with van der Waals surface area (Å²) in [7, 11) is 0. The van der Waals surface area contributed by atoms with Crippen LogP contribution < -0.4 is 10.6 Å². The van der Waals surface area contributed by atoms with E-state index in [0.29, 0.717) is 25.8 Å². The number of nitrogens with one attached hydrogen (secondary N) is 2. The SMILES string of the molecule is CCCCNC(=O)C1(NC(=O)C(C)Cc2cccc(F)c2)CCCCC1. The molecule has 1 saturated carbocycles. The molecule has 1 fully saturated rings. The molecule has 1 aliphatic rings. The summed E-state index contributed by atoms with van der Waals surface area (Å²) in [5, 5.41) is 6.04. The van der Waals surface area contributed by atoms with Gasteiger partial charge in [-0.25, -0.2) is 4.39 Å².